The van der Waals surface area contributed by atoms with E-state index < -0.39 is 5.76 Å². The first-order valence-electron chi connectivity index (χ1n) is 5.40. The van der Waals surface area contributed by atoms with Crippen molar-refractivity contribution in [3.63, 3.8) is 0 Å². The number of aromatic amines is 1. The van der Waals surface area contributed by atoms with Gasteiger partial charge in [-0.1, -0.05) is 6.07 Å². The normalized spacial score (nSPS) is 10.9. The zero-order valence-electron chi connectivity index (χ0n) is 9.38. The van der Waals surface area contributed by atoms with Gasteiger partial charge >= 0.3 is 5.76 Å². The summed E-state index contributed by atoms with van der Waals surface area (Å²) in [5.74, 6) is -0.465. The summed E-state index contributed by atoms with van der Waals surface area (Å²) in [7, 11) is 0. The molecular weight excluding hydrogens is 232 g/mol. The van der Waals surface area contributed by atoms with Gasteiger partial charge in [-0.2, -0.15) is 0 Å². The van der Waals surface area contributed by atoms with E-state index in [0.29, 0.717) is 17.6 Å². The van der Waals surface area contributed by atoms with Crippen LogP contribution in [0.5, 0.6) is 0 Å². The molecule has 3 N–H and O–H groups in total. The Balaban J connectivity index is 2.15. The maximum absolute atomic E-state index is 11.1. The number of rotatable bonds is 2. The van der Waals surface area contributed by atoms with Crippen LogP contribution in [0.4, 0.5) is 0 Å². The first-order valence-corrected chi connectivity index (χ1v) is 5.40. The Morgan fingerprint density at radius 2 is 2.17 bits per heavy atom. The third-order valence-corrected chi connectivity index (χ3v) is 2.65. The molecule has 0 unspecified atom stereocenters. The lowest BCUT2D eigenvalue weighted by Gasteiger charge is -2.01. The van der Waals surface area contributed by atoms with Gasteiger partial charge in [0.15, 0.2) is 5.58 Å². The van der Waals surface area contributed by atoms with Crippen molar-refractivity contribution in [3.05, 3.63) is 46.8 Å². The lowest BCUT2D eigenvalue weighted by molar-refractivity contribution is 0.555. The highest BCUT2D eigenvalue weighted by Crippen LogP contribution is 2.21. The molecular formula is C12H10N4O2. The molecule has 2 heterocycles. The first kappa shape index (κ1) is 10.7. The second kappa shape index (κ2) is 4.08. The van der Waals surface area contributed by atoms with Crippen LogP contribution >= 0.6 is 0 Å². The molecule has 0 fully saturated rings. The molecule has 0 aliphatic rings. The monoisotopic (exact) mass is 242 g/mol. The van der Waals surface area contributed by atoms with Crippen molar-refractivity contribution in [2.45, 2.75) is 6.54 Å². The van der Waals surface area contributed by atoms with Crippen molar-refractivity contribution in [3.8, 4) is 11.3 Å². The molecule has 0 radical (unpaired) electrons. The Bertz CT molecular complexity index is 760. The summed E-state index contributed by atoms with van der Waals surface area (Å²) in [6.07, 6.45) is 1.47. The van der Waals surface area contributed by atoms with Crippen LogP contribution < -0.4 is 11.5 Å². The summed E-state index contributed by atoms with van der Waals surface area (Å²) in [4.78, 5) is 21.9. The van der Waals surface area contributed by atoms with E-state index in [1.807, 2.05) is 12.1 Å². The van der Waals surface area contributed by atoms with E-state index in [2.05, 4.69) is 15.0 Å². The van der Waals surface area contributed by atoms with Crippen LogP contribution in [0.3, 0.4) is 0 Å². The van der Waals surface area contributed by atoms with Gasteiger partial charge in [0.1, 0.15) is 6.33 Å². The molecule has 3 rings (SSSR count). The summed E-state index contributed by atoms with van der Waals surface area (Å²) >= 11 is 0. The number of nitrogens with one attached hydrogen (secondary N) is 1. The minimum atomic E-state index is -0.465. The number of hydrogen-bond acceptors (Lipinski definition) is 5. The molecule has 0 spiro atoms. The number of fused-ring (bicyclic) bond motifs is 1. The third kappa shape index (κ3) is 1.78. The fraction of sp³-hybridized carbons (Fsp3) is 0.0833. The highest BCUT2D eigenvalue weighted by molar-refractivity contribution is 5.78. The first-order chi connectivity index (χ1) is 8.76. The van der Waals surface area contributed by atoms with Crippen molar-refractivity contribution in [2.24, 2.45) is 5.73 Å². The molecule has 18 heavy (non-hydrogen) atoms. The predicted octanol–water partition coefficient (Wildman–Crippen LogP) is 1.04. The van der Waals surface area contributed by atoms with Crippen LogP contribution in [0, 0.1) is 0 Å². The maximum atomic E-state index is 11.1. The fourth-order valence-electron chi connectivity index (χ4n) is 1.77. The molecule has 0 aliphatic heterocycles. The lowest BCUT2D eigenvalue weighted by Crippen LogP contribution is -2.00. The topological polar surface area (TPSA) is 97.8 Å². The van der Waals surface area contributed by atoms with Gasteiger partial charge < -0.3 is 10.2 Å². The molecule has 90 valence electrons. The average Bonchev–Trinajstić information content (AvgIpc) is 2.77. The summed E-state index contributed by atoms with van der Waals surface area (Å²) in [5.41, 5.74) is 9.06. The van der Waals surface area contributed by atoms with Crippen LogP contribution in [0.1, 0.15) is 5.69 Å². The lowest BCUT2D eigenvalue weighted by atomic mass is 10.1. The number of aromatic nitrogens is 3. The average molecular weight is 242 g/mol. The van der Waals surface area contributed by atoms with E-state index in [4.69, 9.17) is 10.2 Å². The van der Waals surface area contributed by atoms with Gasteiger partial charge in [0.25, 0.3) is 0 Å². The molecule has 0 saturated carbocycles. The molecule has 0 saturated heterocycles. The molecule has 1 aromatic carbocycles. The fourth-order valence-corrected chi connectivity index (χ4v) is 1.77. The van der Waals surface area contributed by atoms with Crippen LogP contribution in [-0.4, -0.2) is 15.0 Å². The van der Waals surface area contributed by atoms with Gasteiger partial charge in [-0.25, -0.2) is 14.8 Å². The number of oxazole rings is 1. The number of H-pyrrole nitrogens is 1. The molecule has 0 aliphatic carbocycles. The van der Waals surface area contributed by atoms with Crippen molar-refractivity contribution in [1.82, 2.24) is 15.0 Å². The van der Waals surface area contributed by atoms with E-state index in [1.165, 1.54) is 6.33 Å². The van der Waals surface area contributed by atoms with Gasteiger partial charge in [0.2, 0.25) is 0 Å². The largest absolute Gasteiger partial charge is 0.417 e. The van der Waals surface area contributed by atoms with Crippen LogP contribution in [0.2, 0.25) is 0 Å². The number of nitrogens with two attached hydrogens (primary N) is 1. The number of benzene rings is 1. The van der Waals surface area contributed by atoms with Crippen molar-refractivity contribution < 1.29 is 4.42 Å². The van der Waals surface area contributed by atoms with E-state index in [0.717, 1.165) is 17.0 Å². The van der Waals surface area contributed by atoms with Crippen molar-refractivity contribution in [2.75, 3.05) is 0 Å². The Morgan fingerprint density at radius 3 is 3.00 bits per heavy atom. The SMILES string of the molecule is NCc1cc(-c2ccc3[nH]c(=O)oc3c2)ncn1. The van der Waals surface area contributed by atoms with Crippen LogP contribution in [0.15, 0.2) is 39.8 Å². The van der Waals surface area contributed by atoms with Gasteiger partial charge in [-0.15, -0.1) is 0 Å². The Hall–Kier alpha value is -2.47. The summed E-state index contributed by atoms with van der Waals surface area (Å²) in [6, 6.07) is 7.21. The Morgan fingerprint density at radius 1 is 1.28 bits per heavy atom. The zero-order valence-corrected chi connectivity index (χ0v) is 9.38. The van der Waals surface area contributed by atoms with E-state index >= 15 is 0 Å². The highest BCUT2D eigenvalue weighted by Gasteiger charge is 2.05. The smallest absolute Gasteiger partial charge is 0.408 e. The van der Waals surface area contributed by atoms with Crippen molar-refractivity contribution >= 4 is 11.1 Å². The second-order valence-electron chi connectivity index (χ2n) is 3.82. The number of nitrogens with zero attached hydrogens (tertiary/aromatic N) is 2. The summed E-state index contributed by atoms with van der Waals surface area (Å²) < 4.78 is 5.01. The van der Waals surface area contributed by atoms with Gasteiger partial charge in [-0.05, 0) is 18.2 Å². The van der Waals surface area contributed by atoms with E-state index in [1.54, 1.807) is 12.1 Å². The second-order valence-corrected chi connectivity index (χ2v) is 3.82. The standard InChI is InChI=1S/C12H10N4O2/c13-5-8-4-10(15-6-14-8)7-1-2-9-11(3-7)18-12(17)16-9/h1-4,6H,5,13H2,(H,16,17). The van der Waals surface area contributed by atoms with E-state index in [-0.39, 0.29) is 0 Å². The quantitative estimate of drug-likeness (QED) is 0.699. The van der Waals surface area contributed by atoms with Gasteiger partial charge in [-0.3, -0.25) is 4.98 Å². The molecule has 0 atom stereocenters. The molecule has 6 heteroatoms. The van der Waals surface area contributed by atoms with Gasteiger partial charge in [0, 0.05) is 12.1 Å². The Kier molecular flexibility index (Phi) is 2.42. The summed E-state index contributed by atoms with van der Waals surface area (Å²) in [6.45, 7) is 0.358. The van der Waals surface area contributed by atoms with Crippen LogP contribution in [0.25, 0.3) is 22.4 Å². The maximum Gasteiger partial charge on any atom is 0.417 e. The minimum Gasteiger partial charge on any atom is -0.408 e. The van der Waals surface area contributed by atoms with Crippen molar-refractivity contribution in [1.29, 1.82) is 0 Å². The molecule has 0 bridgehead atoms. The molecule has 3 aromatic rings. The number of hydrogen-bond donors (Lipinski definition) is 2. The highest BCUT2D eigenvalue weighted by atomic mass is 16.4. The zero-order chi connectivity index (χ0) is 12.5. The molecule has 6 nitrogen and oxygen atoms in total. The van der Waals surface area contributed by atoms with E-state index in [9.17, 15) is 4.79 Å². The van der Waals surface area contributed by atoms with Crippen LogP contribution in [-0.2, 0) is 6.54 Å². The minimum absolute atomic E-state index is 0.358. The molecule has 2 aromatic heterocycles. The Labute approximate surface area is 101 Å². The molecule has 0 amide bonds. The predicted molar refractivity (Wildman–Crippen MR) is 65.8 cm³/mol. The summed E-state index contributed by atoms with van der Waals surface area (Å²) in [5, 5.41) is 0. The third-order valence-electron chi connectivity index (χ3n) is 2.65. The van der Waals surface area contributed by atoms with Gasteiger partial charge in [0.05, 0.1) is 16.9 Å².